The summed E-state index contributed by atoms with van der Waals surface area (Å²) in [6.07, 6.45) is 0. The van der Waals surface area contributed by atoms with E-state index in [9.17, 15) is 19.7 Å². The molecule has 8 nitrogen and oxygen atoms in total. The molecule has 8 heteroatoms. The minimum Gasteiger partial charge on any atom is -0.369 e. The number of aliphatic imine (C=N–C) groups is 1. The summed E-state index contributed by atoms with van der Waals surface area (Å²) in [6, 6.07) is -1.96. The lowest BCUT2D eigenvalue weighted by molar-refractivity contribution is -0.493. The first kappa shape index (κ1) is 8.11. The summed E-state index contributed by atoms with van der Waals surface area (Å²) >= 11 is 0. The highest BCUT2D eigenvalue weighted by Gasteiger charge is 2.41. The molecule has 0 saturated carbocycles. The fraction of sp³-hybridized carbons (Fsp3) is 0.250. The maximum absolute atomic E-state index is 10.7. The molecule has 1 unspecified atom stereocenters. The number of amides is 2. The van der Waals surface area contributed by atoms with Gasteiger partial charge >= 0.3 is 17.9 Å². The van der Waals surface area contributed by atoms with Crippen molar-refractivity contribution in [2.45, 2.75) is 6.04 Å². The van der Waals surface area contributed by atoms with Crippen molar-refractivity contribution in [2.75, 3.05) is 0 Å². The van der Waals surface area contributed by atoms with Gasteiger partial charge in [-0.15, -0.1) is 0 Å². The molecule has 12 heavy (non-hydrogen) atoms. The van der Waals surface area contributed by atoms with Crippen molar-refractivity contribution < 1.29 is 14.5 Å². The average molecular weight is 172 g/mol. The maximum Gasteiger partial charge on any atom is 0.368 e. The number of nitro groups is 1. The van der Waals surface area contributed by atoms with E-state index in [0.29, 0.717) is 0 Å². The van der Waals surface area contributed by atoms with Gasteiger partial charge in [0.2, 0.25) is 5.96 Å². The number of nitrogens with two attached hydrogens (primary N) is 1. The number of nitrogens with zero attached hydrogens (tertiary/aromatic N) is 2. The zero-order chi connectivity index (χ0) is 9.30. The van der Waals surface area contributed by atoms with Gasteiger partial charge in [0.15, 0.2) is 0 Å². The molecule has 1 aliphatic rings. The number of hydrogen-bond acceptors (Lipinski definition) is 5. The van der Waals surface area contributed by atoms with Gasteiger partial charge in [-0.05, 0) is 0 Å². The number of guanidine groups is 1. The summed E-state index contributed by atoms with van der Waals surface area (Å²) in [4.78, 5) is 33.5. The minimum atomic E-state index is -1.96. The molecule has 1 atom stereocenters. The summed E-state index contributed by atoms with van der Waals surface area (Å²) < 4.78 is 0. The molecule has 0 spiro atoms. The second-order valence-corrected chi connectivity index (χ2v) is 2.01. The summed E-state index contributed by atoms with van der Waals surface area (Å²) in [5, 5.41) is 12.0. The third kappa shape index (κ3) is 1.21. The lowest BCUT2D eigenvalue weighted by Gasteiger charge is -2.10. The summed E-state index contributed by atoms with van der Waals surface area (Å²) in [5.74, 6) is -2.62. The molecule has 0 aromatic carbocycles. The van der Waals surface area contributed by atoms with Crippen molar-refractivity contribution in [3.05, 3.63) is 10.1 Å². The Kier molecular flexibility index (Phi) is 1.73. The molecule has 3 N–H and O–H groups in total. The van der Waals surface area contributed by atoms with Crippen LogP contribution >= 0.6 is 0 Å². The molecule has 64 valence electrons. The number of carbonyl (C=O) groups excluding carboxylic acids is 2. The fourth-order valence-electron chi connectivity index (χ4n) is 0.700. The van der Waals surface area contributed by atoms with Gasteiger partial charge in [0.1, 0.15) is 0 Å². The van der Waals surface area contributed by atoms with Crippen LogP contribution in [0.15, 0.2) is 4.99 Å². The van der Waals surface area contributed by atoms with Gasteiger partial charge in [-0.1, -0.05) is 0 Å². The monoisotopic (exact) mass is 172 g/mol. The molecule has 0 aromatic heterocycles. The Morgan fingerprint density at radius 2 is 2.17 bits per heavy atom. The predicted octanol–water partition coefficient (Wildman–Crippen LogP) is -2.40. The smallest absolute Gasteiger partial charge is 0.368 e. The quantitative estimate of drug-likeness (QED) is 0.259. The number of carbonyl (C=O) groups is 2. The summed E-state index contributed by atoms with van der Waals surface area (Å²) in [7, 11) is 0. The molecule has 0 radical (unpaired) electrons. The Morgan fingerprint density at radius 1 is 1.58 bits per heavy atom. The van der Waals surface area contributed by atoms with Crippen LogP contribution in [0.3, 0.4) is 0 Å². The van der Waals surface area contributed by atoms with Crippen molar-refractivity contribution in [1.82, 2.24) is 5.32 Å². The molecule has 0 bridgehead atoms. The standard InChI is InChI=1S/C4H4N4O4/c5-4-6-2(9)1(8(11)12)3(10)7-4/h1H,(H3,5,6,7,9,10). The third-order valence-electron chi connectivity index (χ3n) is 1.17. The SMILES string of the molecule is NC1=NC(=O)C([N+](=O)[O-])C(=O)N1. The Bertz CT molecular complexity index is 295. The molecular formula is C4H4N4O4. The van der Waals surface area contributed by atoms with Gasteiger partial charge in [-0.2, -0.15) is 4.99 Å². The van der Waals surface area contributed by atoms with Gasteiger partial charge in [-0.3, -0.25) is 25.0 Å². The zero-order valence-corrected chi connectivity index (χ0v) is 5.68. The lowest BCUT2D eigenvalue weighted by Crippen LogP contribution is -2.53. The van der Waals surface area contributed by atoms with E-state index >= 15 is 0 Å². The van der Waals surface area contributed by atoms with Crippen LogP contribution in [0.25, 0.3) is 0 Å². The highest BCUT2D eigenvalue weighted by Crippen LogP contribution is 1.98. The first-order chi connectivity index (χ1) is 5.52. The molecule has 0 saturated heterocycles. The topological polar surface area (TPSA) is 128 Å². The molecule has 0 aliphatic carbocycles. The molecular weight excluding hydrogens is 168 g/mol. The van der Waals surface area contributed by atoms with Crippen molar-refractivity contribution in [1.29, 1.82) is 0 Å². The van der Waals surface area contributed by atoms with Crippen LogP contribution in [0.4, 0.5) is 0 Å². The summed E-state index contributed by atoms with van der Waals surface area (Å²) in [5.41, 5.74) is 4.95. The predicted molar refractivity (Wildman–Crippen MR) is 35.6 cm³/mol. The van der Waals surface area contributed by atoms with Crippen molar-refractivity contribution in [3.8, 4) is 0 Å². The Balaban J connectivity index is 2.98. The van der Waals surface area contributed by atoms with E-state index in [4.69, 9.17) is 5.73 Å². The Morgan fingerprint density at radius 3 is 2.58 bits per heavy atom. The van der Waals surface area contributed by atoms with Crippen LogP contribution in [0.2, 0.25) is 0 Å². The van der Waals surface area contributed by atoms with Crippen LogP contribution in [0.5, 0.6) is 0 Å². The van der Waals surface area contributed by atoms with Crippen LogP contribution in [0.1, 0.15) is 0 Å². The van der Waals surface area contributed by atoms with Crippen LogP contribution in [0, 0.1) is 10.1 Å². The van der Waals surface area contributed by atoms with Gasteiger partial charge in [0, 0.05) is 4.92 Å². The highest BCUT2D eigenvalue weighted by atomic mass is 16.6. The summed E-state index contributed by atoms with van der Waals surface area (Å²) in [6.45, 7) is 0. The number of nitrogens with one attached hydrogen (secondary N) is 1. The highest BCUT2D eigenvalue weighted by molar-refractivity contribution is 6.16. The first-order valence-electron chi connectivity index (χ1n) is 2.84. The van der Waals surface area contributed by atoms with Gasteiger partial charge in [0.05, 0.1) is 0 Å². The second kappa shape index (κ2) is 2.57. The van der Waals surface area contributed by atoms with E-state index in [0.717, 1.165) is 0 Å². The van der Waals surface area contributed by atoms with Crippen molar-refractivity contribution in [2.24, 2.45) is 10.7 Å². The molecule has 1 aliphatic heterocycles. The Labute approximate surface area is 65.6 Å². The van der Waals surface area contributed by atoms with Crippen molar-refractivity contribution >= 4 is 17.8 Å². The molecule has 2 amide bonds. The van der Waals surface area contributed by atoms with Gasteiger partial charge < -0.3 is 5.73 Å². The molecule has 0 aromatic rings. The fourth-order valence-corrected chi connectivity index (χ4v) is 0.700. The average Bonchev–Trinajstić information content (AvgIpc) is 1.82. The largest absolute Gasteiger partial charge is 0.369 e. The third-order valence-corrected chi connectivity index (χ3v) is 1.17. The lowest BCUT2D eigenvalue weighted by atomic mass is 10.2. The van der Waals surface area contributed by atoms with E-state index in [2.05, 4.69) is 4.99 Å². The number of rotatable bonds is 1. The van der Waals surface area contributed by atoms with E-state index in [-0.39, 0.29) is 0 Å². The van der Waals surface area contributed by atoms with E-state index < -0.39 is 28.7 Å². The zero-order valence-electron chi connectivity index (χ0n) is 5.68. The van der Waals surface area contributed by atoms with Gasteiger partial charge in [-0.25, -0.2) is 0 Å². The molecule has 1 heterocycles. The van der Waals surface area contributed by atoms with Crippen LogP contribution < -0.4 is 11.1 Å². The maximum atomic E-state index is 10.7. The second-order valence-electron chi connectivity index (χ2n) is 2.01. The molecule has 1 rings (SSSR count). The van der Waals surface area contributed by atoms with Crippen LogP contribution in [-0.4, -0.2) is 28.7 Å². The number of hydrogen-bond donors (Lipinski definition) is 2. The van der Waals surface area contributed by atoms with E-state index in [1.54, 1.807) is 0 Å². The minimum absolute atomic E-state index is 0.414. The normalized spacial score (nSPS) is 23.0. The Hall–Kier alpha value is -1.99. The van der Waals surface area contributed by atoms with E-state index in [1.807, 2.05) is 5.32 Å². The van der Waals surface area contributed by atoms with E-state index in [1.165, 1.54) is 0 Å². The van der Waals surface area contributed by atoms with Crippen LogP contribution in [-0.2, 0) is 9.59 Å². The van der Waals surface area contributed by atoms with Gasteiger partial charge in [0.25, 0.3) is 0 Å². The first-order valence-corrected chi connectivity index (χ1v) is 2.84. The van der Waals surface area contributed by atoms with Crippen molar-refractivity contribution in [3.63, 3.8) is 0 Å². The molecule has 0 fully saturated rings.